The number of hydrogen-bond donors (Lipinski definition) is 2. The van der Waals surface area contributed by atoms with Crippen molar-refractivity contribution in [1.29, 1.82) is 0 Å². The summed E-state index contributed by atoms with van der Waals surface area (Å²) in [7, 11) is 1.41. The van der Waals surface area contributed by atoms with Crippen LogP contribution in [0, 0.1) is 6.92 Å². The monoisotopic (exact) mass is 314 g/mol. The number of pyridine rings is 1. The second-order valence-electron chi connectivity index (χ2n) is 5.06. The van der Waals surface area contributed by atoms with Gasteiger partial charge in [-0.3, -0.25) is 0 Å². The zero-order chi connectivity index (χ0) is 16.4. The van der Waals surface area contributed by atoms with Crippen LogP contribution in [-0.2, 0) is 12.6 Å². The molecule has 2 heterocycles. The minimum absolute atomic E-state index is 0.0979. The predicted octanol–water partition coefficient (Wildman–Crippen LogP) is 2.38. The van der Waals surface area contributed by atoms with Crippen molar-refractivity contribution in [1.82, 2.24) is 14.5 Å². The maximum absolute atomic E-state index is 13.3. The number of aryl methyl sites for hydroxylation is 2. The number of aliphatic hydroxyl groups is 1. The topological polar surface area (TPSA) is 63.0 Å². The second kappa shape index (κ2) is 5.96. The predicted molar refractivity (Wildman–Crippen MR) is 75.2 cm³/mol. The van der Waals surface area contributed by atoms with Crippen LogP contribution in [0.25, 0.3) is 0 Å². The molecule has 5 nitrogen and oxygen atoms in total. The van der Waals surface area contributed by atoms with Crippen LogP contribution in [0.3, 0.4) is 0 Å². The molecule has 2 rings (SSSR count). The number of imidazole rings is 1. The van der Waals surface area contributed by atoms with E-state index in [1.165, 1.54) is 24.0 Å². The normalized spacial score (nSPS) is 14.6. The molecular weight excluding hydrogens is 297 g/mol. The molecule has 22 heavy (non-hydrogen) atoms. The van der Waals surface area contributed by atoms with Crippen LogP contribution in [0.15, 0.2) is 30.6 Å². The second-order valence-corrected chi connectivity index (χ2v) is 5.06. The van der Waals surface area contributed by atoms with Crippen molar-refractivity contribution in [2.24, 2.45) is 7.05 Å². The molecule has 0 spiro atoms. The number of nitrogens with one attached hydrogen (secondary N) is 1. The Morgan fingerprint density at radius 3 is 2.59 bits per heavy atom. The minimum Gasteiger partial charge on any atom is -0.374 e. The van der Waals surface area contributed by atoms with Gasteiger partial charge in [-0.1, -0.05) is 6.07 Å². The molecule has 0 fully saturated rings. The SMILES string of the molecule is Cc1cccc(NCCC(O)(c2nccn2C)C(F)(F)F)n1. The van der Waals surface area contributed by atoms with Gasteiger partial charge in [0.05, 0.1) is 0 Å². The van der Waals surface area contributed by atoms with Gasteiger partial charge in [0, 0.05) is 38.1 Å². The number of anilines is 1. The highest BCUT2D eigenvalue weighted by Gasteiger charge is 2.57. The van der Waals surface area contributed by atoms with Gasteiger partial charge in [0.15, 0.2) is 0 Å². The van der Waals surface area contributed by atoms with E-state index in [1.54, 1.807) is 25.1 Å². The summed E-state index contributed by atoms with van der Waals surface area (Å²) < 4.78 is 41.0. The van der Waals surface area contributed by atoms with Gasteiger partial charge in [-0.2, -0.15) is 13.2 Å². The van der Waals surface area contributed by atoms with Gasteiger partial charge in [0.25, 0.3) is 0 Å². The Kier molecular flexibility index (Phi) is 4.41. The summed E-state index contributed by atoms with van der Waals surface area (Å²) >= 11 is 0. The average Bonchev–Trinajstić information content (AvgIpc) is 2.84. The van der Waals surface area contributed by atoms with E-state index in [1.807, 2.05) is 0 Å². The Morgan fingerprint density at radius 2 is 2.05 bits per heavy atom. The maximum atomic E-state index is 13.3. The summed E-state index contributed by atoms with van der Waals surface area (Å²) in [5.74, 6) is 0.0309. The molecule has 0 saturated carbocycles. The summed E-state index contributed by atoms with van der Waals surface area (Å²) in [6.07, 6.45) is -2.81. The summed E-state index contributed by atoms with van der Waals surface area (Å²) in [5, 5.41) is 12.9. The molecule has 1 unspecified atom stereocenters. The number of alkyl halides is 3. The lowest BCUT2D eigenvalue weighted by atomic mass is 9.97. The third kappa shape index (κ3) is 3.22. The van der Waals surface area contributed by atoms with E-state index in [-0.39, 0.29) is 6.54 Å². The van der Waals surface area contributed by atoms with E-state index >= 15 is 0 Å². The fourth-order valence-electron chi connectivity index (χ4n) is 2.16. The molecule has 2 aromatic heterocycles. The largest absolute Gasteiger partial charge is 0.424 e. The molecule has 0 aliphatic carbocycles. The third-order valence-corrected chi connectivity index (χ3v) is 3.34. The molecule has 8 heteroatoms. The fourth-order valence-corrected chi connectivity index (χ4v) is 2.16. The van der Waals surface area contributed by atoms with Gasteiger partial charge >= 0.3 is 6.18 Å². The quantitative estimate of drug-likeness (QED) is 0.889. The smallest absolute Gasteiger partial charge is 0.374 e. The van der Waals surface area contributed by atoms with Crippen molar-refractivity contribution in [3.05, 3.63) is 42.1 Å². The van der Waals surface area contributed by atoms with E-state index in [0.29, 0.717) is 5.82 Å². The standard InChI is InChI=1S/C14H17F3N4O/c1-10-4-3-5-11(20-10)18-7-6-13(22,14(15,16)17)12-19-8-9-21(12)2/h3-5,8-9,22H,6-7H2,1-2H3,(H,18,20). The van der Waals surface area contributed by atoms with Crippen LogP contribution >= 0.6 is 0 Å². The molecular formula is C14H17F3N4O. The van der Waals surface area contributed by atoms with Gasteiger partial charge in [-0.25, -0.2) is 9.97 Å². The first kappa shape index (κ1) is 16.3. The molecule has 0 aliphatic heterocycles. The van der Waals surface area contributed by atoms with Gasteiger partial charge in [-0.15, -0.1) is 0 Å². The lowest BCUT2D eigenvalue weighted by molar-refractivity contribution is -0.271. The van der Waals surface area contributed by atoms with Crippen molar-refractivity contribution in [2.75, 3.05) is 11.9 Å². The lowest BCUT2D eigenvalue weighted by Gasteiger charge is -2.30. The van der Waals surface area contributed by atoms with E-state index in [9.17, 15) is 18.3 Å². The van der Waals surface area contributed by atoms with Crippen molar-refractivity contribution < 1.29 is 18.3 Å². The number of aromatic nitrogens is 3. The van der Waals surface area contributed by atoms with E-state index in [2.05, 4.69) is 15.3 Å². The Labute approximate surface area is 125 Å². The zero-order valence-corrected chi connectivity index (χ0v) is 12.2. The maximum Gasteiger partial charge on any atom is 0.424 e. The van der Waals surface area contributed by atoms with Crippen LogP contribution < -0.4 is 5.32 Å². The van der Waals surface area contributed by atoms with Crippen LogP contribution in [-0.4, -0.2) is 32.4 Å². The number of nitrogens with zero attached hydrogens (tertiary/aromatic N) is 3. The first-order valence-corrected chi connectivity index (χ1v) is 6.68. The van der Waals surface area contributed by atoms with Gasteiger partial charge in [0.2, 0.25) is 5.60 Å². The summed E-state index contributed by atoms with van der Waals surface area (Å²) in [6, 6.07) is 5.19. The van der Waals surface area contributed by atoms with Crippen molar-refractivity contribution in [2.45, 2.75) is 25.1 Å². The molecule has 0 amide bonds. The van der Waals surface area contributed by atoms with Crippen LogP contribution in [0.4, 0.5) is 19.0 Å². The lowest BCUT2D eigenvalue weighted by Crippen LogP contribution is -2.45. The molecule has 2 N–H and O–H groups in total. The highest BCUT2D eigenvalue weighted by atomic mass is 19.4. The van der Waals surface area contributed by atoms with Crippen LogP contribution in [0.2, 0.25) is 0 Å². The van der Waals surface area contributed by atoms with Crippen LogP contribution in [0.1, 0.15) is 17.9 Å². The number of hydrogen-bond acceptors (Lipinski definition) is 4. The number of rotatable bonds is 5. The van der Waals surface area contributed by atoms with E-state index < -0.39 is 24.0 Å². The summed E-state index contributed by atoms with van der Waals surface area (Å²) in [5.41, 5.74) is -2.26. The van der Waals surface area contributed by atoms with Crippen molar-refractivity contribution in [3.8, 4) is 0 Å². The Balaban J connectivity index is 2.14. The van der Waals surface area contributed by atoms with Crippen molar-refractivity contribution in [3.63, 3.8) is 0 Å². The molecule has 0 radical (unpaired) electrons. The molecule has 2 aromatic rings. The summed E-state index contributed by atoms with van der Waals surface area (Å²) in [4.78, 5) is 7.78. The summed E-state index contributed by atoms with van der Waals surface area (Å²) in [6.45, 7) is 1.68. The average molecular weight is 314 g/mol. The highest BCUT2D eigenvalue weighted by molar-refractivity contribution is 5.35. The molecule has 0 aromatic carbocycles. The molecule has 1 atom stereocenters. The minimum atomic E-state index is -4.83. The zero-order valence-electron chi connectivity index (χ0n) is 12.2. The van der Waals surface area contributed by atoms with Crippen LogP contribution in [0.5, 0.6) is 0 Å². The molecule has 0 saturated heterocycles. The van der Waals surface area contributed by atoms with E-state index in [4.69, 9.17) is 0 Å². The molecule has 0 aliphatic rings. The Morgan fingerprint density at radius 1 is 1.32 bits per heavy atom. The Hall–Kier alpha value is -2.09. The van der Waals surface area contributed by atoms with E-state index in [0.717, 1.165) is 5.69 Å². The molecule has 120 valence electrons. The first-order valence-electron chi connectivity index (χ1n) is 6.68. The van der Waals surface area contributed by atoms with Gasteiger partial charge < -0.3 is 15.0 Å². The van der Waals surface area contributed by atoms with Gasteiger partial charge in [0.1, 0.15) is 11.6 Å². The Bertz CT molecular complexity index is 641. The fraction of sp³-hybridized carbons (Fsp3) is 0.429. The third-order valence-electron chi connectivity index (χ3n) is 3.34. The highest BCUT2D eigenvalue weighted by Crippen LogP contribution is 2.40. The van der Waals surface area contributed by atoms with Gasteiger partial charge in [-0.05, 0) is 19.1 Å². The number of halogens is 3. The first-order chi connectivity index (χ1) is 10.2. The van der Waals surface area contributed by atoms with Crippen molar-refractivity contribution >= 4 is 5.82 Å². The molecule has 0 bridgehead atoms.